The molecule has 5 N–H and O–H groups in total. The summed E-state index contributed by atoms with van der Waals surface area (Å²) in [5, 5.41) is 6.26. The van der Waals surface area contributed by atoms with Crippen LogP contribution in [0.15, 0.2) is 91.1 Å². The lowest BCUT2D eigenvalue weighted by Gasteiger charge is -2.19. The first-order valence-corrected chi connectivity index (χ1v) is 12.1. The summed E-state index contributed by atoms with van der Waals surface area (Å²) in [5.41, 5.74) is 9.70. The van der Waals surface area contributed by atoms with Crippen LogP contribution >= 0.6 is 0 Å². The molecule has 0 aliphatic rings. The van der Waals surface area contributed by atoms with Gasteiger partial charge >= 0.3 is 5.97 Å². The molecular weight excluding hydrogens is 468 g/mol. The number of nitrogens with one attached hydrogen (secondary N) is 3. The zero-order chi connectivity index (χ0) is 26.0. The lowest BCUT2D eigenvalue weighted by atomic mass is 10.0. The number of fused-ring (bicyclic) bond motifs is 1. The van der Waals surface area contributed by atoms with E-state index in [0.717, 1.165) is 27.6 Å². The van der Waals surface area contributed by atoms with Crippen LogP contribution in [-0.2, 0) is 38.6 Å². The number of para-hydroxylation sites is 1. The zero-order valence-electron chi connectivity index (χ0n) is 20.4. The Balaban J connectivity index is 1.31. The number of benzene rings is 3. The van der Waals surface area contributed by atoms with Crippen LogP contribution in [-0.4, -0.2) is 41.4 Å². The molecule has 0 saturated heterocycles. The Bertz CT molecular complexity index is 1340. The van der Waals surface area contributed by atoms with Crippen LogP contribution in [0.4, 0.5) is 0 Å². The minimum absolute atomic E-state index is 0.0975. The van der Waals surface area contributed by atoms with Crippen molar-refractivity contribution in [3.8, 4) is 0 Å². The fourth-order valence-corrected chi connectivity index (χ4v) is 4.05. The van der Waals surface area contributed by atoms with E-state index >= 15 is 0 Å². The third-order valence-electron chi connectivity index (χ3n) is 6.00. The Kier molecular flexibility index (Phi) is 8.67. The predicted octanol–water partition coefficient (Wildman–Crippen LogP) is 2.62. The monoisotopic (exact) mass is 498 g/mol. The van der Waals surface area contributed by atoms with E-state index in [1.54, 1.807) is 0 Å². The van der Waals surface area contributed by atoms with Gasteiger partial charge in [-0.15, -0.1) is 0 Å². The number of aromatic amines is 1. The molecule has 0 bridgehead atoms. The van der Waals surface area contributed by atoms with Crippen LogP contribution in [0.2, 0.25) is 0 Å². The van der Waals surface area contributed by atoms with Gasteiger partial charge in [-0.1, -0.05) is 78.9 Å². The molecule has 4 aromatic rings. The zero-order valence-corrected chi connectivity index (χ0v) is 20.4. The van der Waals surface area contributed by atoms with Crippen molar-refractivity contribution >= 4 is 28.7 Å². The van der Waals surface area contributed by atoms with Crippen LogP contribution in [0, 0.1) is 0 Å². The molecule has 2 atom stereocenters. The van der Waals surface area contributed by atoms with Gasteiger partial charge in [0.2, 0.25) is 11.8 Å². The van der Waals surface area contributed by atoms with Gasteiger partial charge in [-0.25, -0.2) is 4.79 Å². The average molecular weight is 499 g/mol. The molecule has 190 valence electrons. The van der Waals surface area contributed by atoms with Crippen molar-refractivity contribution in [3.63, 3.8) is 0 Å². The molecule has 0 saturated carbocycles. The van der Waals surface area contributed by atoms with Crippen molar-refractivity contribution in [2.24, 2.45) is 5.73 Å². The highest BCUT2D eigenvalue weighted by Crippen LogP contribution is 2.18. The SMILES string of the molecule is N[C@@H](Cc1c[nH]c2ccccc12)C(=O)NCC(=O)N[C@@H](Cc1ccccc1)C(=O)OCc1ccccc1. The van der Waals surface area contributed by atoms with Crippen LogP contribution < -0.4 is 16.4 Å². The molecule has 0 fully saturated rings. The molecule has 2 amide bonds. The normalized spacial score (nSPS) is 12.5. The first-order chi connectivity index (χ1) is 18.0. The van der Waals surface area contributed by atoms with Crippen LogP contribution in [0.1, 0.15) is 16.7 Å². The van der Waals surface area contributed by atoms with Crippen molar-refractivity contribution in [2.45, 2.75) is 31.5 Å². The number of amides is 2. The summed E-state index contributed by atoms with van der Waals surface area (Å²) in [5.74, 6) is -1.51. The van der Waals surface area contributed by atoms with Crippen LogP contribution in [0.25, 0.3) is 10.9 Å². The molecule has 0 aliphatic carbocycles. The van der Waals surface area contributed by atoms with Gasteiger partial charge < -0.3 is 26.1 Å². The summed E-state index contributed by atoms with van der Waals surface area (Å²) in [4.78, 5) is 41.2. The maximum absolute atomic E-state index is 12.8. The molecule has 1 heterocycles. The fourth-order valence-electron chi connectivity index (χ4n) is 4.05. The molecule has 8 heteroatoms. The second-order valence-corrected chi connectivity index (χ2v) is 8.79. The van der Waals surface area contributed by atoms with E-state index in [-0.39, 0.29) is 19.6 Å². The highest BCUT2D eigenvalue weighted by molar-refractivity contribution is 5.90. The third kappa shape index (κ3) is 7.28. The van der Waals surface area contributed by atoms with E-state index in [0.29, 0.717) is 6.42 Å². The topological polar surface area (TPSA) is 126 Å². The van der Waals surface area contributed by atoms with Gasteiger partial charge in [0.25, 0.3) is 0 Å². The van der Waals surface area contributed by atoms with Crippen LogP contribution in [0.5, 0.6) is 0 Å². The fraction of sp³-hybridized carbons (Fsp3) is 0.207. The lowest BCUT2D eigenvalue weighted by molar-refractivity contribution is -0.149. The van der Waals surface area contributed by atoms with E-state index in [4.69, 9.17) is 10.5 Å². The predicted molar refractivity (Wildman–Crippen MR) is 141 cm³/mol. The van der Waals surface area contributed by atoms with Gasteiger partial charge in [0.1, 0.15) is 12.6 Å². The third-order valence-corrected chi connectivity index (χ3v) is 6.00. The Morgan fingerprint density at radius 3 is 2.22 bits per heavy atom. The van der Waals surface area contributed by atoms with Gasteiger partial charge in [0, 0.05) is 23.5 Å². The minimum Gasteiger partial charge on any atom is -0.459 e. The average Bonchev–Trinajstić information content (AvgIpc) is 3.33. The van der Waals surface area contributed by atoms with E-state index < -0.39 is 29.9 Å². The standard InChI is InChI=1S/C29H30N4O4/c30-24(16-22-17-31-25-14-8-7-13-23(22)25)28(35)32-18-27(34)33-26(15-20-9-3-1-4-10-20)29(36)37-19-21-11-5-2-6-12-21/h1-14,17,24,26,31H,15-16,18-19,30H2,(H,32,35)(H,33,34)/t24-,26-/m0/s1. The molecule has 0 radical (unpaired) electrons. The molecular formula is C29H30N4O4. The molecule has 0 spiro atoms. The molecule has 0 aliphatic heterocycles. The number of hydrogen-bond acceptors (Lipinski definition) is 5. The van der Waals surface area contributed by atoms with Gasteiger partial charge in [-0.2, -0.15) is 0 Å². The van der Waals surface area contributed by atoms with Crippen molar-refractivity contribution in [2.75, 3.05) is 6.54 Å². The quantitative estimate of drug-likeness (QED) is 0.237. The number of ether oxygens (including phenoxy) is 1. The molecule has 3 aromatic carbocycles. The van der Waals surface area contributed by atoms with Gasteiger partial charge in [-0.05, 0) is 29.2 Å². The number of carbonyl (C=O) groups excluding carboxylic acids is 3. The molecule has 0 unspecified atom stereocenters. The Labute approximate surface area is 215 Å². The van der Waals surface area contributed by atoms with Crippen molar-refractivity contribution in [1.29, 1.82) is 0 Å². The molecule has 8 nitrogen and oxygen atoms in total. The number of nitrogens with two attached hydrogens (primary N) is 1. The summed E-state index contributed by atoms with van der Waals surface area (Å²) in [7, 11) is 0. The highest BCUT2D eigenvalue weighted by Gasteiger charge is 2.24. The number of esters is 1. The summed E-state index contributed by atoms with van der Waals surface area (Å²) >= 11 is 0. The second-order valence-electron chi connectivity index (χ2n) is 8.79. The summed E-state index contributed by atoms with van der Waals surface area (Å²) in [6.07, 6.45) is 2.41. The molecule has 4 rings (SSSR count). The van der Waals surface area contributed by atoms with Crippen molar-refractivity contribution in [1.82, 2.24) is 15.6 Å². The number of H-pyrrole nitrogens is 1. The minimum atomic E-state index is -0.907. The van der Waals surface area contributed by atoms with Gasteiger partial charge in [0.05, 0.1) is 12.6 Å². The Morgan fingerprint density at radius 2 is 1.49 bits per heavy atom. The second kappa shape index (κ2) is 12.5. The Hall–Kier alpha value is -4.43. The largest absolute Gasteiger partial charge is 0.459 e. The first kappa shape index (κ1) is 25.7. The summed E-state index contributed by atoms with van der Waals surface area (Å²) in [6.45, 7) is -0.210. The Morgan fingerprint density at radius 1 is 0.838 bits per heavy atom. The molecule has 37 heavy (non-hydrogen) atoms. The molecule has 1 aromatic heterocycles. The summed E-state index contributed by atoms with van der Waals surface area (Å²) in [6, 6.07) is 24.7. The van der Waals surface area contributed by atoms with Gasteiger partial charge in [0.15, 0.2) is 0 Å². The summed E-state index contributed by atoms with van der Waals surface area (Å²) < 4.78 is 5.46. The lowest BCUT2D eigenvalue weighted by Crippen LogP contribution is -2.49. The van der Waals surface area contributed by atoms with E-state index in [9.17, 15) is 14.4 Å². The van der Waals surface area contributed by atoms with Crippen molar-refractivity contribution in [3.05, 3.63) is 108 Å². The van der Waals surface area contributed by atoms with E-state index in [1.165, 1.54) is 0 Å². The maximum atomic E-state index is 12.8. The number of rotatable bonds is 11. The van der Waals surface area contributed by atoms with Crippen molar-refractivity contribution < 1.29 is 19.1 Å². The van der Waals surface area contributed by atoms with E-state index in [1.807, 2.05) is 91.1 Å². The van der Waals surface area contributed by atoms with E-state index in [2.05, 4.69) is 15.6 Å². The maximum Gasteiger partial charge on any atom is 0.329 e. The smallest absolute Gasteiger partial charge is 0.329 e. The first-order valence-electron chi connectivity index (χ1n) is 12.1. The highest BCUT2D eigenvalue weighted by atomic mass is 16.5. The van der Waals surface area contributed by atoms with Gasteiger partial charge in [-0.3, -0.25) is 9.59 Å². The number of carbonyl (C=O) groups is 3. The van der Waals surface area contributed by atoms with Crippen LogP contribution in [0.3, 0.4) is 0 Å². The number of hydrogen-bond donors (Lipinski definition) is 4. The number of aromatic nitrogens is 1.